The van der Waals surface area contributed by atoms with Crippen molar-refractivity contribution in [3.63, 3.8) is 0 Å². The molecular weight excluding hydrogens is 230 g/mol. The first-order chi connectivity index (χ1) is 8.34. The normalized spacial score (nSPS) is 16.2. The molecule has 0 atom stereocenters. The minimum atomic E-state index is 0.765. The van der Waals surface area contributed by atoms with Crippen LogP contribution in [0, 0.1) is 5.92 Å². The van der Waals surface area contributed by atoms with E-state index in [1.165, 1.54) is 31.4 Å². The Morgan fingerprint density at radius 3 is 2.88 bits per heavy atom. The molecule has 0 radical (unpaired) electrons. The van der Waals surface area contributed by atoms with Gasteiger partial charge in [0.2, 0.25) is 0 Å². The van der Waals surface area contributed by atoms with Crippen LogP contribution in [0.25, 0.3) is 0 Å². The Kier molecular flexibility index (Phi) is 5.05. The van der Waals surface area contributed by atoms with Crippen LogP contribution in [0.1, 0.15) is 25.7 Å². The molecule has 0 aliphatic heterocycles. The average Bonchev–Trinajstić information content (AvgIpc) is 2.82. The summed E-state index contributed by atoms with van der Waals surface area (Å²) in [5.74, 6) is 4.23. The molecule has 0 amide bonds. The monoisotopic (exact) mass is 251 g/mol. The molecule has 1 aliphatic carbocycles. The van der Waals surface area contributed by atoms with E-state index in [9.17, 15) is 0 Å². The van der Waals surface area contributed by atoms with Gasteiger partial charge in [-0.3, -0.25) is 0 Å². The number of nitrogen functional groups attached to an aromatic ring is 1. The molecule has 1 saturated carbocycles. The van der Waals surface area contributed by atoms with Crippen LogP contribution in [0.3, 0.4) is 0 Å². The zero-order chi connectivity index (χ0) is 11.9. The molecule has 1 aromatic rings. The molecule has 0 bridgehead atoms. The van der Waals surface area contributed by atoms with Crippen molar-refractivity contribution in [1.82, 2.24) is 0 Å². The minimum Gasteiger partial charge on any atom is -0.493 e. The second-order valence-corrected chi connectivity index (χ2v) is 5.80. The first-order valence-corrected chi connectivity index (χ1v) is 7.56. The van der Waals surface area contributed by atoms with Crippen LogP contribution in [0.15, 0.2) is 24.3 Å². The number of hydrogen-bond donors (Lipinski definition) is 1. The quantitative estimate of drug-likeness (QED) is 0.620. The maximum Gasteiger partial charge on any atom is 0.121 e. The van der Waals surface area contributed by atoms with Gasteiger partial charge in [0, 0.05) is 17.5 Å². The Labute approximate surface area is 108 Å². The smallest absolute Gasteiger partial charge is 0.121 e. The van der Waals surface area contributed by atoms with Gasteiger partial charge in [-0.2, -0.15) is 11.8 Å². The van der Waals surface area contributed by atoms with Crippen molar-refractivity contribution in [3.8, 4) is 5.75 Å². The van der Waals surface area contributed by atoms with Crippen LogP contribution in [0.2, 0.25) is 0 Å². The van der Waals surface area contributed by atoms with Crippen LogP contribution >= 0.6 is 11.8 Å². The lowest BCUT2D eigenvalue weighted by Crippen LogP contribution is -2.04. The first kappa shape index (κ1) is 12.6. The molecule has 2 N–H and O–H groups in total. The van der Waals surface area contributed by atoms with Crippen molar-refractivity contribution in [1.29, 1.82) is 0 Å². The van der Waals surface area contributed by atoms with E-state index in [-0.39, 0.29) is 0 Å². The van der Waals surface area contributed by atoms with E-state index in [0.717, 1.165) is 29.7 Å². The summed E-state index contributed by atoms with van der Waals surface area (Å²) in [6.07, 6.45) is 5.74. The molecule has 0 heterocycles. The maximum absolute atomic E-state index is 5.69. The molecule has 2 rings (SSSR count). The first-order valence-electron chi connectivity index (χ1n) is 6.40. The maximum atomic E-state index is 5.69. The van der Waals surface area contributed by atoms with Crippen LogP contribution in [0.5, 0.6) is 5.75 Å². The zero-order valence-corrected chi connectivity index (χ0v) is 11.0. The molecule has 3 heteroatoms. The summed E-state index contributed by atoms with van der Waals surface area (Å²) in [6.45, 7) is 0.779. The molecule has 94 valence electrons. The Hall–Kier alpha value is -0.830. The van der Waals surface area contributed by atoms with Crippen molar-refractivity contribution in [2.45, 2.75) is 25.7 Å². The van der Waals surface area contributed by atoms with Crippen molar-refractivity contribution in [2.75, 3.05) is 23.8 Å². The summed E-state index contributed by atoms with van der Waals surface area (Å²) >= 11 is 2.02. The molecule has 1 aromatic carbocycles. The van der Waals surface area contributed by atoms with Crippen LogP contribution in [-0.2, 0) is 0 Å². The molecular formula is C14H21NOS. The van der Waals surface area contributed by atoms with Crippen molar-refractivity contribution < 1.29 is 4.74 Å². The van der Waals surface area contributed by atoms with Crippen molar-refractivity contribution in [2.24, 2.45) is 5.92 Å². The van der Waals surface area contributed by atoms with E-state index in [0.29, 0.717) is 0 Å². The summed E-state index contributed by atoms with van der Waals surface area (Å²) in [5.41, 5.74) is 6.45. The van der Waals surface area contributed by atoms with E-state index < -0.39 is 0 Å². The molecule has 17 heavy (non-hydrogen) atoms. The highest BCUT2D eigenvalue weighted by molar-refractivity contribution is 7.99. The Bertz CT molecular complexity index is 337. The summed E-state index contributed by atoms with van der Waals surface area (Å²) in [7, 11) is 0. The van der Waals surface area contributed by atoms with Gasteiger partial charge in [-0.1, -0.05) is 18.9 Å². The number of anilines is 1. The third-order valence-corrected chi connectivity index (χ3v) is 4.35. The van der Waals surface area contributed by atoms with E-state index in [1.54, 1.807) is 0 Å². The second-order valence-electron chi connectivity index (χ2n) is 4.65. The van der Waals surface area contributed by atoms with Gasteiger partial charge >= 0.3 is 0 Å². The Morgan fingerprint density at radius 1 is 1.29 bits per heavy atom. The van der Waals surface area contributed by atoms with E-state index in [2.05, 4.69) is 0 Å². The Balaban J connectivity index is 1.56. The third kappa shape index (κ3) is 4.50. The number of thioether (sulfide) groups is 1. The highest BCUT2D eigenvalue weighted by Gasteiger charge is 2.14. The van der Waals surface area contributed by atoms with Gasteiger partial charge in [0.1, 0.15) is 5.75 Å². The fraction of sp³-hybridized carbons (Fsp3) is 0.571. The lowest BCUT2D eigenvalue weighted by atomic mass is 10.1. The van der Waals surface area contributed by atoms with Gasteiger partial charge in [0.15, 0.2) is 0 Å². The van der Waals surface area contributed by atoms with Crippen LogP contribution in [-0.4, -0.2) is 18.1 Å². The summed E-state index contributed by atoms with van der Waals surface area (Å²) < 4.78 is 5.65. The Morgan fingerprint density at radius 2 is 2.12 bits per heavy atom. The highest BCUT2D eigenvalue weighted by Crippen LogP contribution is 2.27. The number of hydrogen-bond acceptors (Lipinski definition) is 3. The standard InChI is InChI=1S/C14H21NOS/c15-13-6-3-7-14(10-13)16-8-9-17-11-12-4-1-2-5-12/h3,6-7,10,12H,1-2,4-5,8-9,11,15H2. The predicted octanol–water partition coefficient (Wildman–Crippen LogP) is 3.57. The van der Waals surface area contributed by atoms with E-state index >= 15 is 0 Å². The summed E-state index contributed by atoms with van der Waals surface area (Å²) in [5, 5.41) is 0. The average molecular weight is 251 g/mol. The molecule has 0 aromatic heterocycles. The van der Waals surface area contributed by atoms with E-state index in [4.69, 9.17) is 10.5 Å². The lowest BCUT2D eigenvalue weighted by molar-refractivity contribution is 0.344. The van der Waals surface area contributed by atoms with Gasteiger partial charge in [-0.05, 0) is 36.6 Å². The van der Waals surface area contributed by atoms with Crippen LogP contribution in [0.4, 0.5) is 5.69 Å². The topological polar surface area (TPSA) is 35.2 Å². The SMILES string of the molecule is Nc1cccc(OCCSCC2CCCC2)c1. The van der Waals surface area contributed by atoms with Gasteiger partial charge in [0.25, 0.3) is 0 Å². The predicted molar refractivity (Wildman–Crippen MR) is 75.6 cm³/mol. The van der Waals surface area contributed by atoms with Gasteiger partial charge in [0.05, 0.1) is 6.61 Å². The van der Waals surface area contributed by atoms with Gasteiger partial charge in [-0.25, -0.2) is 0 Å². The zero-order valence-electron chi connectivity index (χ0n) is 10.2. The van der Waals surface area contributed by atoms with Gasteiger partial charge < -0.3 is 10.5 Å². The third-order valence-electron chi connectivity index (χ3n) is 3.18. The number of benzene rings is 1. The number of nitrogens with two attached hydrogens (primary N) is 1. The molecule has 0 unspecified atom stereocenters. The molecule has 0 spiro atoms. The minimum absolute atomic E-state index is 0.765. The second kappa shape index (κ2) is 6.80. The highest BCUT2D eigenvalue weighted by atomic mass is 32.2. The largest absolute Gasteiger partial charge is 0.493 e. The fourth-order valence-electron chi connectivity index (χ4n) is 2.25. The molecule has 0 saturated heterocycles. The summed E-state index contributed by atoms with van der Waals surface area (Å²) in [6, 6.07) is 7.64. The van der Waals surface area contributed by atoms with Gasteiger partial charge in [-0.15, -0.1) is 0 Å². The number of rotatable bonds is 6. The van der Waals surface area contributed by atoms with Crippen molar-refractivity contribution in [3.05, 3.63) is 24.3 Å². The fourth-order valence-corrected chi connectivity index (χ4v) is 3.28. The lowest BCUT2D eigenvalue weighted by Gasteiger charge is -2.09. The molecule has 2 nitrogen and oxygen atoms in total. The van der Waals surface area contributed by atoms with E-state index in [1.807, 2.05) is 36.0 Å². The summed E-state index contributed by atoms with van der Waals surface area (Å²) in [4.78, 5) is 0. The van der Waals surface area contributed by atoms with Crippen molar-refractivity contribution >= 4 is 17.4 Å². The molecule has 1 fully saturated rings. The van der Waals surface area contributed by atoms with Crippen LogP contribution < -0.4 is 10.5 Å². The molecule has 1 aliphatic rings. The number of ether oxygens (including phenoxy) is 1.